The summed E-state index contributed by atoms with van der Waals surface area (Å²) in [7, 11) is -4.22. The Kier molecular flexibility index (Phi) is 5.33. The molecule has 0 aliphatic rings. The minimum Gasteiger partial charge on any atom is -0.406 e. The average molecular weight is 426 g/mol. The smallest absolute Gasteiger partial charge is 0.406 e. The van der Waals surface area contributed by atoms with Crippen LogP contribution in [0.3, 0.4) is 0 Å². The van der Waals surface area contributed by atoms with E-state index in [1.165, 1.54) is 37.4 Å². The summed E-state index contributed by atoms with van der Waals surface area (Å²) >= 11 is 0. The highest BCUT2D eigenvalue weighted by Gasteiger charge is 2.31. The fourth-order valence-corrected chi connectivity index (χ4v) is 3.39. The lowest BCUT2D eigenvalue weighted by Gasteiger charge is -2.14. The monoisotopic (exact) mass is 426 g/mol. The summed E-state index contributed by atoms with van der Waals surface area (Å²) in [6, 6.07) is 10.7. The van der Waals surface area contributed by atoms with Gasteiger partial charge in [0, 0.05) is 17.3 Å². The molecule has 29 heavy (non-hydrogen) atoms. The maximum atomic E-state index is 14.2. The van der Waals surface area contributed by atoms with Crippen LogP contribution >= 0.6 is 0 Å². The second-order valence-electron chi connectivity index (χ2n) is 6.12. The van der Waals surface area contributed by atoms with Crippen LogP contribution in [0.5, 0.6) is 5.75 Å². The number of nitrogens with zero attached hydrogens (tertiary/aromatic N) is 1. The maximum absolute atomic E-state index is 14.2. The molecule has 0 amide bonds. The van der Waals surface area contributed by atoms with Crippen molar-refractivity contribution in [1.82, 2.24) is 4.98 Å². The zero-order valence-corrected chi connectivity index (χ0v) is 15.7. The molecule has 0 saturated carbocycles. The van der Waals surface area contributed by atoms with Crippen molar-refractivity contribution in [3.05, 3.63) is 66.1 Å². The normalized spacial score (nSPS) is 12.1. The standard InChI is InChI=1S/C19H14F4N2O3S/c1-11-9-13(4-6-16(11)28-19(21,22)23)18-14(3-2-8-25-18)12-5-7-17(15(20)10-12)29(24,26)27/h2-10H,1H3,(H2,24,26,27). The molecular formula is C19H14F4N2O3S. The Morgan fingerprint density at radius 2 is 1.72 bits per heavy atom. The molecule has 0 bridgehead atoms. The zero-order valence-electron chi connectivity index (χ0n) is 14.9. The third-order valence-corrected chi connectivity index (χ3v) is 4.98. The Labute approximate surface area is 163 Å². The molecule has 10 heteroatoms. The molecule has 0 aliphatic heterocycles. The van der Waals surface area contributed by atoms with Crippen LogP contribution in [-0.2, 0) is 10.0 Å². The first-order valence-corrected chi connectivity index (χ1v) is 9.65. The number of hydrogen-bond donors (Lipinski definition) is 1. The van der Waals surface area contributed by atoms with E-state index in [1.807, 2.05) is 0 Å². The Hall–Kier alpha value is -2.98. The third-order valence-electron chi connectivity index (χ3n) is 4.03. The fourth-order valence-electron chi connectivity index (χ4n) is 2.80. The molecule has 5 nitrogen and oxygen atoms in total. The quantitative estimate of drug-likeness (QED) is 0.627. The van der Waals surface area contributed by atoms with Crippen LogP contribution in [0, 0.1) is 12.7 Å². The third kappa shape index (κ3) is 4.72. The van der Waals surface area contributed by atoms with Crippen molar-refractivity contribution in [3.63, 3.8) is 0 Å². The van der Waals surface area contributed by atoms with Gasteiger partial charge >= 0.3 is 6.36 Å². The van der Waals surface area contributed by atoms with E-state index < -0.39 is 27.1 Å². The number of hydrogen-bond acceptors (Lipinski definition) is 4. The largest absolute Gasteiger partial charge is 0.573 e. The number of halogens is 4. The molecule has 0 aliphatic carbocycles. The number of nitrogens with two attached hydrogens (primary N) is 1. The molecule has 2 aromatic carbocycles. The summed E-state index contributed by atoms with van der Waals surface area (Å²) in [5.41, 5.74) is 1.86. The van der Waals surface area contributed by atoms with Gasteiger partial charge < -0.3 is 4.74 Å². The summed E-state index contributed by atoms with van der Waals surface area (Å²) in [6.07, 6.45) is -3.34. The predicted octanol–water partition coefficient (Wildman–Crippen LogP) is 4.41. The van der Waals surface area contributed by atoms with E-state index in [-0.39, 0.29) is 11.3 Å². The van der Waals surface area contributed by atoms with E-state index in [0.29, 0.717) is 22.4 Å². The highest BCUT2D eigenvalue weighted by atomic mass is 32.2. The van der Waals surface area contributed by atoms with Crippen molar-refractivity contribution < 1.29 is 30.7 Å². The summed E-state index contributed by atoms with van der Waals surface area (Å²) in [6.45, 7) is 1.45. The molecule has 1 heterocycles. The van der Waals surface area contributed by atoms with Crippen LogP contribution in [-0.4, -0.2) is 19.8 Å². The number of sulfonamides is 1. The maximum Gasteiger partial charge on any atom is 0.573 e. The number of ether oxygens (including phenoxy) is 1. The van der Waals surface area contributed by atoms with Gasteiger partial charge in [-0.05, 0) is 54.4 Å². The van der Waals surface area contributed by atoms with E-state index in [4.69, 9.17) is 5.14 Å². The van der Waals surface area contributed by atoms with Gasteiger partial charge in [-0.2, -0.15) is 0 Å². The van der Waals surface area contributed by atoms with E-state index in [2.05, 4.69) is 9.72 Å². The molecule has 0 fully saturated rings. The second kappa shape index (κ2) is 7.45. The number of primary sulfonamides is 1. The minimum absolute atomic E-state index is 0.229. The lowest BCUT2D eigenvalue weighted by molar-refractivity contribution is -0.274. The van der Waals surface area contributed by atoms with Gasteiger partial charge in [0.2, 0.25) is 10.0 Å². The molecule has 1 aromatic heterocycles. The summed E-state index contributed by atoms with van der Waals surface area (Å²) in [5.74, 6) is -1.37. The molecule has 0 atom stereocenters. The van der Waals surface area contributed by atoms with Gasteiger partial charge in [-0.3, -0.25) is 4.98 Å². The number of pyridine rings is 1. The zero-order chi connectivity index (χ0) is 21.4. The van der Waals surface area contributed by atoms with Gasteiger partial charge in [-0.15, -0.1) is 13.2 Å². The van der Waals surface area contributed by atoms with Crippen LogP contribution in [0.15, 0.2) is 59.6 Å². The first kappa shape index (κ1) is 20.7. The lowest BCUT2D eigenvalue weighted by Crippen LogP contribution is -2.17. The highest BCUT2D eigenvalue weighted by Crippen LogP contribution is 2.34. The van der Waals surface area contributed by atoms with Crippen molar-refractivity contribution in [3.8, 4) is 28.1 Å². The Morgan fingerprint density at radius 3 is 2.31 bits per heavy atom. The lowest BCUT2D eigenvalue weighted by atomic mass is 9.98. The number of benzene rings is 2. The number of rotatable bonds is 4. The molecule has 3 aromatic rings. The van der Waals surface area contributed by atoms with E-state index in [9.17, 15) is 26.0 Å². The Morgan fingerprint density at radius 1 is 1.03 bits per heavy atom. The van der Waals surface area contributed by atoms with Crippen LogP contribution in [0.4, 0.5) is 17.6 Å². The van der Waals surface area contributed by atoms with Crippen molar-refractivity contribution in [1.29, 1.82) is 0 Å². The first-order chi connectivity index (χ1) is 13.5. The first-order valence-electron chi connectivity index (χ1n) is 8.10. The second-order valence-corrected chi connectivity index (χ2v) is 7.65. The van der Waals surface area contributed by atoms with Crippen molar-refractivity contribution >= 4 is 10.0 Å². The van der Waals surface area contributed by atoms with Crippen LogP contribution in [0.1, 0.15) is 5.56 Å². The highest BCUT2D eigenvalue weighted by molar-refractivity contribution is 7.89. The molecule has 0 radical (unpaired) electrons. The van der Waals surface area contributed by atoms with E-state index >= 15 is 0 Å². The van der Waals surface area contributed by atoms with Crippen LogP contribution in [0.25, 0.3) is 22.4 Å². The van der Waals surface area contributed by atoms with Crippen LogP contribution in [0.2, 0.25) is 0 Å². The average Bonchev–Trinajstić information content (AvgIpc) is 2.61. The molecule has 0 saturated heterocycles. The Bertz CT molecular complexity index is 1180. The number of aromatic nitrogens is 1. The van der Waals surface area contributed by atoms with Gasteiger partial charge in [0.25, 0.3) is 0 Å². The number of aryl methyl sites for hydroxylation is 1. The summed E-state index contributed by atoms with van der Waals surface area (Å²) in [4.78, 5) is 3.60. The molecular weight excluding hydrogens is 412 g/mol. The topological polar surface area (TPSA) is 82.3 Å². The SMILES string of the molecule is Cc1cc(-c2ncccc2-c2ccc(S(N)(=O)=O)c(F)c2)ccc1OC(F)(F)F. The summed E-state index contributed by atoms with van der Waals surface area (Å²) < 4.78 is 78.4. The van der Waals surface area contributed by atoms with Gasteiger partial charge in [0.15, 0.2) is 0 Å². The molecule has 0 unspecified atom stereocenters. The molecule has 0 spiro atoms. The van der Waals surface area contributed by atoms with Gasteiger partial charge in [-0.1, -0.05) is 12.1 Å². The number of alkyl halides is 3. The molecule has 152 valence electrons. The van der Waals surface area contributed by atoms with E-state index in [0.717, 1.165) is 12.1 Å². The van der Waals surface area contributed by atoms with Crippen molar-refractivity contribution in [2.75, 3.05) is 0 Å². The Balaban J connectivity index is 2.07. The molecule has 3 rings (SSSR count). The van der Waals surface area contributed by atoms with Crippen LogP contribution < -0.4 is 9.88 Å². The summed E-state index contributed by atoms with van der Waals surface area (Å²) in [5, 5.41) is 4.97. The molecule has 2 N–H and O–H groups in total. The van der Waals surface area contributed by atoms with E-state index in [1.54, 1.807) is 12.1 Å². The van der Waals surface area contributed by atoms with Gasteiger partial charge in [0.05, 0.1) is 5.69 Å². The van der Waals surface area contributed by atoms with Gasteiger partial charge in [-0.25, -0.2) is 17.9 Å². The fraction of sp³-hybridized carbons (Fsp3) is 0.105. The minimum atomic E-state index is -4.81. The van der Waals surface area contributed by atoms with Crippen molar-refractivity contribution in [2.45, 2.75) is 18.2 Å². The van der Waals surface area contributed by atoms with Gasteiger partial charge in [0.1, 0.15) is 16.5 Å². The predicted molar refractivity (Wildman–Crippen MR) is 97.9 cm³/mol. The van der Waals surface area contributed by atoms with Crippen molar-refractivity contribution in [2.24, 2.45) is 5.14 Å².